The number of rotatable bonds is 0. The van der Waals surface area contributed by atoms with Crippen molar-refractivity contribution in [2.45, 2.75) is 0 Å². The molecule has 15 heavy (non-hydrogen) atoms. The Labute approximate surface area is 93.2 Å². The van der Waals surface area contributed by atoms with E-state index in [1.165, 1.54) is 7.11 Å². The fraction of sp³-hybridized carbons (Fsp3) is 0.571. The van der Waals surface area contributed by atoms with Crippen molar-refractivity contribution in [3.8, 4) is 0 Å². The summed E-state index contributed by atoms with van der Waals surface area (Å²) in [5.74, 6) is 0. The van der Waals surface area contributed by atoms with Crippen LogP contribution in [-0.4, -0.2) is 45.8 Å². The number of carbonyl (C=O) groups is 2. The Hall–Kier alpha value is -1.28. The number of thiol groups is 1. The van der Waals surface area contributed by atoms with Gasteiger partial charge < -0.3 is 14.2 Å². The van der Waals surface area contributed by atoms with Gasteiger partial charge in [-0.25, -0.2) is 9.59 Å². The van der Waals surface area contributed by atoms with E-state index in [0.717, 1.165) is 7.11 Å². The molecule has 7 nitrogen and oxygen atoms in total. The Kier molecular flexibility index (Phi) is 11.6. The van der Waals surface area contributed by atoms with Crippen molar-refractivity contribution in [3.05, 3.63) is 0 Å². The third kappa shape index (κ3) is 12.7. The van der Waals surface area contributed by atoms with Gasteiger partial charge in [0, 0.05) is 14.2 Å². The summed E-state index contributed by atoms with van der Waals surface area (Å²) in [6, 6.07) is 0. The van der Waals surface area contributed by atoms with Crippen LogP contribution in [0.3, 0.4) is 0 Å². The zero-order valence-corrected chi connectivity index (χ0v) is 9.83. The van der Waals surface area contributed by atoms with Gasteiger partial charge in [-0.1, -0.05) is 0 Å². The predicted octanol–water partition coefficient (Wildman–Crippen LogP) is 0.657. The van der Waals surface area contributed by atoms with E-state index < -0.39 is 12.2 Å². The molecule has 0 bridgehead atoms. The van der Waals surface area contributed by atoms with Gasteiger partial charge in [-0.2, -0.15) is 4.99 Å². The van der Waals surface area contributed by atoms with Crippen molar-refractivity contribution in [3.63, 3.8) is 0 Å². The largest absolute Gasteiger partial charge is 0.453 e. The van der Waals surface area contributed by atoms with Crippen LogP contribution >= 0.6 is 12.6 Å². The first-order valence-electron chi connectivity index (χ1n) is 3.62. The van der Waals surface area contributed by atoms with Gasteiger partial charge in [-0.3, -0.25) is 5.32 Å². The Morgan fingerprint density at radius 2 is 1.60 bits per heavy atom. The van der Waals surface area contributed by atoms with Crippen LogP contribution in [0.25, 0.3) is 0 Å². The fourth-order valence-corrected chi connectivity index (χ4v) is 0.475. The van der Waals surface area contributed by atoms with Gasteiger partial charge in [0.15, 0.2) is 5.17 Å². The maximum atomic E-state index is 10.5. The number of hydrogen-bond acceptors (Lipinski definition) is 5. The summed E-state index contributed by atoms with van der Waals surface area (Å²) >= 11 is 3.65. The molecule has 8 heteroatoms. The van der Waals surface area contributed by atoms with Gasteiger partial charge in [-0.15, -0.1) is 12.6 Å². The van der Waals surface area contributed by atoms with Crippen molar-refractivity contribution in [2.75, 3.05) is 28.4 Å². The maximum absolute atomic E-state index is 10.5. The molecule has 0 unspecified atom stereocenters. The van der Waals surface area contributed by atoms with E-state index >= 15 is 0 Å². The lowest BCUT2D eigenvalue weighted by molar-refractivity contribution is 0.176. The minimum atomic E-state index is -0.851. The summed E-state index contributed by atoms with van der Waals surface area (Å²) in [5.41, 5.74) is 0. The molecular weight excluding hydrogens is 224 g/mol. The number of nitrogens with one attached hydrogen (secondary N) is 1. The van der Waals surface area contributed by atoms with E-state index in [1.807, 2.05) is 5.32 Å². The van der Waals surface area contributed by atoms with Crippen LogP contribution in [-0.2, 0) is 14.2 Å². The molecular formula is C7H14N2O5S. The van der Waals surface area contributed by atoms with E-state index in [4.69, 9.17) is 0 Å². The van der Waals surface area contributed by atoms with Gasteiger partial charge in [0.2, 0.25) is 0 Å². The van der Waals surface area contributed by atoms with E-state index in [9.17, 15) is 9.59 Å². The fourth-order valence-electron chi connectivity index (χ4n) is 0.302. The van der Waals surface area contributed by atoms with E-state index in [-0.39, 0.29) is 5.17 Å². The standard InChI is InChI=1S/C5H8N2O4S.C2H6O/c1-10-4(8)6-3(12)7-5(9)11-2;1-3-2/h1-2H3,(H2,6,7,8,9,12);1-2H3. The van der Waals surface area contributed by atoms with Gasteiger partial charge in [0.05, 0.1) is 14.2 Å². The minimum absolute atomic E-state index is 0.186. The molecule has 0 saturated heterocycles. The number of carbonyl (C=O) groups excluding carboxylic acids is 2. The molecule has 0 aromatic carbocycles. The summed E-state index contributed by atoms with van der Waals surface area (Å²) in [7, 11) is 5.58. The van der Waals surface area contributed by atoms with E-state index in [1.54, 1.807) is 14.2 Å². The second-order valence-electron chi connectivity index (χ2n) is 1.93. The summed E-state index contributed by atoms with van der Waals surface area (Å²) in [5, 5.41) is 1.86. The monoisotopic (exact) mass is 238 g/mol. The molecule has 0 aliphatic rings. The van der Waals surface area contributed by atoms with Crippen LogP contribution in [0.1, 0.15) is 0 Å². The molecule has 0 saturated carbocycles. The lowest BCUT2D eigenvalue weighted by Gasteiger charge is -1.99. The maximum Gasteiger partial charge on any atom is 0.435 e. The van der Waals surface area contributed by atoms with E-state index in [2.05, 4.69) is 31.8 Å². The molecule has 0 aromatic heterocycles. The lowest BCUT2D eigenvalue weighted by Crippen LogP contribution is -2.27. The topological polar surface area (TPSA) is 86.2 Å². The third-order valence-electron chi connectivity index (χ3n) is 0.771. The van der Waals surface area contributed by atoms with Crippen LogP contribution < -0.4 is 5.32 Å². The quantitative estimate of drug-likeness (QED) is 0.368. The molecule has 1 N–H and O–H groups in total. The number of alkyl carbamates (subject to hydrolysis) is 1. The Morgan fingerprint density at radius 3 is 1.93 bits per heavy atom. The van der Waals surface area contributed by atoms with Crippen LogP contribution in [0.2, 0.25) is 0 Å². The highest BCUT2D eigenvalue weighted by Crippen LogP contribution is 1.86. The molecule has 0 spiro atoms. The average molecular weight is 238 g/mol. The molecule has 0 fully saturated rings. The number of aliphatic imine (C=N–C) groups is 1. The zero-order valence-electron chi connectivity index (χ0n) is 8.94. The van der Waals surface area contributed by atoms with Gasteiger partial charge >= 0.3 is 12.2 Å². The lowest BCUT2D eigenvalue weighted by atomic mass is 11.0. The third-order valence-corrected chi connectivity index (χ3v) is 0.983. The van der Waals surface area contributed by atoms with Crippen molar-refractivity contribution in [2.24, 2.45) is 4.99 Å². The smallest absolute Gasteiger partial charge is 0.435 e. The predicted molar refractivity (Wildman–Crippen MR) is 57.3 cm³/mol. The van der Waals surface area contributed by atoms with Crippen LogP contribution in [0.4, 0.5) is 9.59 Å². The number of ether oxygens (including phenoxy) is 3. The Bertz CT molecular complexity index is 231. The second-order valence-corrected chi connectivity index (χ2v) is 2.35. The summed E-state index contributed by atoms with van der Waals surface area (Å²) in [6.07, 6.45) is -1.61. The van der Waals surface area contributed by atoms with Crippen molar-refractivity contribution in [1.29, 1.82) is 0 Å². The summed E-state index contributed by atoms with van der Waals surface area (Å²) < 4.78 is 12.6. The number of hydrogen-bond donors (Lipinski definition) is 2. The van der Waals surface area contributed by atoms with Crippen molar-refractivity contribution < 1.29 is 23.8 Å². The number of amides is 2. The Morgan fingerprint density at radius 1 is 1.13 bits per heavy atom. The van der Waals surface area contributed by atoms with Crippen LogP contribution in [0.15, 0.2) is 4.99 Å². The normalized spacial score (nSPS) is 9.53. The minimum Gasteiger partial charge on any atom is -0.453 e. The SMILES string of the molecule is COC.COC(=O)/N=C(\S)NC(=O)OC. The molecule has 0 aliphatic carbocycles. The molecule has 0 aliphatic heterocycles. The van der Waals surface area contributed by atoms with Gasteiger partial charge in [0.1, 0.15) is 0 Å². The summed E-state index contributed by atoms with van der Waals surface area (Å²) in [6.45, 7) is 0. The first-order chi connectivity index (χ1) is 7.01. The highest BCUT2D eigenvalue weighted by molar-refractivity contribution is 7.96. The second kappa shape index (κ2) is 10.8. The van der Waals surface area contributed by atoms with Gasteiger partial charge in [0.25, 0.3) is 0 Å². The highest BCUT2D eigenvalue weighted by Gasteiger charge is 2.03. The molecule has 0 radical (unpaired) electrons. The molecule has 0 heterocycles. The molecule has 0 rings (SSSR count). The molecule has 88 valence electrons. The molecule has 2 amide bonds. The first kappa shape index (κ1) is 16.2. The van der Waals surface area contributed by atoms with E-state index in [0.29, 0.717) is 0 Å². The molecule has 0 atom stereocenters. The zero-order chi connectivity index (χ0) is 12.3. The number of methoxy groups -OCH3 is 3. The van der Waals surface area contributed by atoms with Gasteiger partial charge in [-0.05, 0) is 0 Å². The summed E-state index contributed by atoms with van der Waals surface area (Å²) in [4.78, 5) is 24.1. The molecule has 0 aromatic rings. The number of amidine groups is 1. The highest BCUT2D eigenvalue weighted by atomic mass is 32.1. The van der Waals surface area contributed by atoms with Crippen molar-refractivity contribution in [1.82, 2.24) is 5.32 Å². The van der Waals surface area contributed by atoms with Crippen LogP contribution in [0.5, 0.6) is 0 Å². The van der Waals surface area contributed by atoms with Crippen LogP contribution in [0, 0.1) is 0 Å². The van der Waals surface area contributed by atoms with Crippen molar-refractivity contribution >= 4 is 30.0 Å². The Balaban J connectivity index is 0. The average Bonchev–Trinajstić information content (AvgIpc) is 2.18. The number of nitrogens with zero attached hydrogens (tertiary/aromatic N) is 1. The first-order valence-corrected chi connectivity index (χ1v) is 4.07.